The molecule has 1 aromatic heterocycles. The summed E-state index contributed by atoms with van der Waals surface area (Å²) < 4.78 is 4.76. The first kappa shape index (κ1) is 23.6. The lowest BCUT2D eigenvalue weighted by molar-refractivity contribution is -0.140. The van der Waals surface area contributed by atoms with Gasteiger partial charge in [-0.3, -0.25) is 19.6 Å². The van der Waals surface area contributed by atoms with E-state index in [1.54, 1.807) is 56.3 Å². The lowest BCUT2D eigenvalue weighted by Gasteiger charge is -2.20. The maximum Gasteiger partial charge on any atom is 0.416 e. The van der Waals surface area contributed by atoms with Crippen molar-refractivity contribution < 1.29 is 29.0 Å². The van der Waals surface area contributed by atoms with Crippen LogP contribution in [-0.4, -0.2) is 63.8 Å². The Kier molecular flexibility index (Phi) is 7.50. The largest absolute Gasteiger partial charge is 0.480 e. The number of rotatable bonds is 8. The number of aliphatic imine (C=N–C) groups is 1. The molecule has 172 valence electrons. The van der Waals surface area contributed by atoms with E-state index in [4.69, 9.17) is 4.74 Å². The van der Waals surface area contributed by atoms with Gasteiger partial charge in [-0.25, -0.2) is 14.5 Å². The minimum Gasteiger partial charge on any atom is -0.480 e. The second-order valence-corrected chi connectivity index (χ2v) is 7.55. The molecular weight excluding hydrogens is 428 g/mol. The average molecular weight is 452 g/mol. The predicted octanol–water partition coefficient (Wildman–Crippen LogP) is 2.60. The van der Waals surface area contributed by atoms with Crippen LogP contribution in [0.3, 0.4) is 0 Å². The molecule has 10 nitrogen and oxygen atoms in total. The Morgan fingerprint density at radius 1 is 1.21 bits per heavy atom. The summed E-state index contributed by atoms with van der Waals surface area (Å²) in [5.41, 5.74) is 1.59. The van der Waals surface area contributed by atoms with Crippen LogP contribution in [0.5, 0.6) is 0 Å². The number of hydrogen-bond acceptors (Lipinski definition) is 7. The molecule has 1 fully saturated rings. The number of carbonyl (C=O) groups excluding carboxylic acids is 3. The first-order valence-corrected chi connectivity index (χ1v) is 10.3. The van der Waals surface area contributed by atoms with Gasteiger partial charge >= 0.3 is 12.1 Å². The van der Waals surface area contributed by atoms with Gasteiger partial charge < -0.3 is 15.2 Å². The molecule has 1 aliphatic heterocycles. The van der Waals surface area contributed by atoms with Crippen LogP contribution in [0.1, 0.15) is 36.3 Å². The number of carbonyl (C=O) groups is 4. The van der Waals surface area contributed by atoms with Crippen LogP contribution >= 0.6 is 0 Å². The Labute approximate surface area is 190 Å². The Hall–Kier alpha value is -4.08. The summed E-state index contributed by atoms with van der Waals surface area (Å²) >= 11 is 0. The SMILES string of the molecule is CC(=N[C@H](C(=O)O)[C@@H](C)CC(=O)N1CCOC1=O)c1ccccc1NC(=O)c1ccccn1. The van der Waals surface area contributed by atoms with Crippen LogP contribution in [0.15, 0.2) is 53.7 Å². The van der Waals surface area contributed by atoms with Crippen molar-refractivity contribution in [2.24, 2.45) is 10.9 Å². The molecule has 0 bridgehead atoms. The van der Waals surface area contributed by atoms with Crippen molar-refractivity contribution in [1.29, 1.82) is 0 Å². The third-order valence-electron chi connectivity index (χ3n) is 5.15. The molecule has 2 atom stereocenters. The maximum atomic E-state index is 12.5. The van der Waals surface area contributed by atoms with Gasteiger partial charge in [0.15, 0.2) is 6.04 Å². The van der Waals surface area contributed by atoms with Gasteiger partial charge in [-0.1, -0.05) is 31.2 Å². The second-order valence-electron chi connectivity index (χ2n) is 7.55. The van der Waals surface area contributed by atoms with Gasteiger partial charge in [0.25, 0.3) is 5.91 Å². The lowest BCUT2D eigenvalue weighted by atomic mass is 9.97. The molecule has 0 unspecified atom stereocenters. The number of amides is 3. The number of aromatic nitrogens is 1. The Morgan fingerprint density at radius 3 is 2.58 bits per heavy atom. The summed E-state index contributed by atoms with van der Waals surface area (Å²) in [6.07, 6.45) is 0.604. The van der Waals surface area contributed by atoms with E-state index in [2.05, 4.69) is 15.3 Å². The van der Waals surface area contributed by atoms with Crippen LogP contribution in [0.2, 0.25) is 0 Å². The Balaban J connectivity index is 1.79. The van der Waals surface area contributed by atoms with Crippen molar-refractivity contribution >= 4 is 35.3 Å². The molecule has 1 aliphatic rings. The van der Waals surface area contributed by atoms with Crippen LogP contribution < -0.4 is 5.32 Å². The number of hydrogen-bond donors (Lipinski definition) is 2. The van der Waals surface area contributed by atoms with Gasteiger partial charge in [-0.2, -0.15) is 0 Å². The van der Waals surface area contributed by atoms with E-state index in [0.717, 1.165) is 4.90 Å². The molecule has 0 spiro atoms. The molecule has 1 saturated heterocycles. The number of carboxylic acid groups (broad SMARTS) is 1. The topological polar surface area (TPSA) is 138 Å². The smallest absolute Gasteiger partial charge is 0.416 e. The number of nitrogens with zero attached hydrogens (tertiary/aromatic N) is 3. The molecule has 33 heavy (non-hydrogen) atoms. The second kappa shape index (κ2) is 10.5. The van der Waals surface area contributed by atoms with E-state index in [1.807, 2.05) is 0 Å². The monoisotopic (exact) mass is 452 g/mol. The summed E-state index contributed by atoms with van der Waals surface area (Å²) in [4.78, 5) is 57.8. The van der Waals surface area contributed by atoms with E-state index in [1.165, 1.54) is 6.20 Å². The van der Waals surface area contributed by atoms with Crippen molar-refractivity contribution in [3.63, 3.8) is 0 Å². The van der Waals surface area contributed by atoms with E-state index in [0.29, 0.717) is 17.0 Å². The molecule has 0 saturated carbocycles. The summed E-state index contributed by atoms with van der Waals surface area (Å²) in [6, 6.07) is 10.6. The van der Waals surface area contributed by atoms with Crippen LogP contribution in [0.25, 0.3) is 0 Å². The molecule has 0 aliphatic carbocycles. The Bertz CT molecular complexity index is 1090. The number of pyridine rings is 1. The number of imide groups is 1. The highest BCUT2D eigenvalue weighted by Crippen LogP contribution is 2.21. The quantitative estimate of drug-likeness (QED) is 0.587. The zero-order valence-corrected chi connectivity index (χ0v) is 18.2. The van der Waals surface area contributed by atoms with Gasteiger partial charge in [0.1, 0.15) is 12.3 Å². The maximum absolute atomic E-state index is 12.5. The highest BCUT2D eigenvalue weighted by atomic mass is 16.6. The predicted molar refractivity (Wildman–Crippen MR) is 119 cm³/mol. The molecule has 2 N–H and O–H groups in total. The summed E-state index contributed by atoms with van der Waals surface area (Å²) in [5, 5.41) is 12.5. The average Bonchev–Trinajstić information content (AvgIpc) is 3.23. The number of para-hydroxylation sites is 1. The van der Waals surface area contributed by atoms with Crippen LogP contribution in [0.4, 0.5) is 10.5 Å². The molecular formula is C23H24N4O6. The highest BCUT2D eigenvalue weighted by molar-refractivity contribution is 6.10. The number of aliphatic carboxylic acids is 1. The minimum atomic E-state index is -1.23. The molecule has 2 heterocycles. The Morgan fingerprint density at radius 2 is 1.94 bits per heavy atom. The van der Waals surface area contributed by atoms with E-state index in [9.17, 15) is 24.3 Å². The summed E-state index contributed by atoms with van der Waals surface area (Å²) in [5.74, 6) is -2.81. The molecule has 0 radical (unpaired) electrons. The van der Waals surface area contributed by atoms with Gasteiger partial charge in [0.05, 0.1) is 12.2 Å². The molecule has 2 aromatic rings. The molecule has 3 amide bonds. The summed E-state index contributed by atoms with van der Waals surface area (Å²) in [7, 11) is 0. The fourth-order valence-electron chi connectivity index (χ4n) is 3.41. The first-order chi connectivity index (χ1) is 15.8. The van der Waals surface area contributed by atoms with Gasteiger partial charge in [-0.05, 0) is 31.0 Å². The number of anilines is 1. The number of ether oxygens (including phenoxy) is 1. The van der Waals surface area contributed by atoms with Crippen LogP contribution in [0, 0.1) is 5.92 Å². The first-order valence-electron chi connectivity index (χ1n) is 10.3. The lowest BCUT2D eigenvalue weighted by Crippen LogP contribution is -2.36. The zero-order chi connectivity index (χ0) is 24.0. The highest BCUT2D eigenvalue weighted by Gasteiger charge is 2.33. The number of benzene rings is 1. The van der Waals surface area contributed by atoms with Gasteiger partial charge in [0.2, 0.25) is 5.91 Å². The fourth-order valence-corrected chi connectivity index (χ4v) is 3.41. The number of nitrogens with one attached hydrogen (secondary N) is 1. The molecule has 10 heteroatoms. The van der Waals surface area contributed by atoms with E-state index >= 15 is 0 Å². The van der Waals surface area contributed by atoms with Gasteiger partial charge in [0, 0.05) is 23.9 Å². The van der Waals surface area contributed by atoms with E-state index in [-0.39, 0.29) is 25.3 Å². The number of cyclic esters (lactones) is 1. The van der Waals surface area contributed by atoms with Crippen LogP contribution in [-0.2, 0) is 14.3 Å². The fraction of sp³-hybridized carbons (Fsp3) is 0.304. The van der Waals surface area contributed by atoms with E-state index < -0.39 is 35.8 Å². The molecule has 1 aromatic carbocycles. The van der Waals surface area contributed by atoms with Crippen molar-refractivity contribution in [1.82, 2.24) is 9.88 Å². The molecule has 3 rings (SSSR count). The minimum absolute atomic E-state index is 0.125. The third-order valence-corrected chi connectivity index (χ3v) is 5.15. The standard InChI is InChI=1S/C23H24N4O6/c1-14(13-19(28)27-11-12-33-23(27)32)20(22(30)31)25-15(2)16-7-3-4-8-17(16)26-21(29)18-9-5-6-10-24-18/h3-10,14,20H,11-13H2,1-2H3,(H,26,29)(H,30,31)/t14-,20-/m0/s1. The van der Waals surface area contributed by atoms with Crippen molar-refractivity contribution in [2.75, 3.05) is 18.5 Å². The summed E-state index contributed by atoms with van der Waals surface area (Å²) in [6.45, 7) is 3.49. The van der Waals surface area contributed by atoms with Gasteiger partial charge in [-0.15, -0.1) is 0 Å². The normalized spacial score (nSPS) is 15.5. The van der Waals surface area contributed by atoms with Crippen molar-refractivity contribution in [3.05, 3.63) is 59.9 Å². The zero-order valence-electron chi connectivity index (χ0n) is 18.2. The third kappa shape index (κ3) is 5.79. The number of carboxylic acids is 1. The van der Waals surface area contributed by atoms with Crippen molar-refractivity contribution in [2.45, 2.75) is 26.3 Å². The van der Waals surface area contributed by atoms with Crippen molar-refractivity contribution in [3.8, 4) is 0 Å².